The minimum absolute atomic E-state index is 0.103. The number of carbonyl (C=O) groups is 1. The molecule has 0 aliphatic rings. The van der Waals surface area contributed by atoms with Crippen LogP contribution in [0, 0.1) is 0 Å². The van der Waals surface area contributed by atoms with Crippen LogP contribution in [0.1, 0.15) is 6.92 Å². The Balaban J connectivity index is 1.80. The Hall–Kier alpha value is -2.41. The number of nitrogens with one attached hydrogen (secondary N) is 1. The number of hydrogen-bond donors (Lipinski definition) is 1. The molecule has 1 N–H and O–H groups in total. The number of rotatable bonds is 6. The highest BCUT2D eigenvalue weighted by molar-refractivity contribution is 7.89. The molecule has 0 saturated heterocycles. The highest BCUT2D eigenvalue weighted by Crippen LogP contribution is 2.23. The van der Waals surface area contributed by atoms with Crippen molar-refractivity contribution in [2.75, 3.05) is 18.4 Å². The number of halogens is 1. The van der Waals surface area contributed by atoms with Gasteiger partial charge in [0, 0.05) is 22.6 Å². The number of likely N-dealkylation sites (N-methyl/N-ethyl adjacent to an activating group) is 1. The zero-order chi connectivity index (χ0) is 19.4. The molecule has 0 unspecified atom stereocenters. The lowest BCUT2D eigenvalue weighted by molar-refractivity contribution is -0.116. The summed E-state index contributed by atoms with van der Waals surface area (Å²) >= 11 is 5.82. The van der Waals surface area contributed by atoms with Crippen molar-refractivity contribution in [3.8, 4) is 0 Å². The van der Waals surface area contributed by atoms with Gasteiger partial charge in [-0.05, 0) is 35.7 Å². The Labute approximate surface area is 163 Å². The van der Waals surface area contributed by atoms with Gasteiger partial charge < -0.3 is 5.32 Å². The Bertz CT molecular complexity index is 1060. The normalized spacial score (nSPS) is 11.7. The van der Waals surface area contributed by atoms with Crippen LogP contribution in [-0.4, -0.2) is 31.7 Å². The monoisotopic (exact) mass is 402 g/mol. The number of hydrogen-bond acceptors (Lipinski definition) is 3. The van der Waals surface area contributed by atoms with E-state index >= 15 is 0 Å². The summed E-state index contributed by atoms with van der Waals surface area (Å²) in [5, 5.41) is 5.16. The fourth-order valence-electron chi connectivity index (χ4n) is 2.81. The Morgan fingerprint density at radius 2 is 1.67 bits per heavy atom. The quantitative estimate of drug-likeness (QED) is 0.673. The van der Waals surface area contributed by atoms with Crippen LogP contribution in [0.25, 0.3) is 10.8 Å². The van der Waals surface area contributed by atoms with Gasteiger partial charge in [0.2, 0.25) is 15.9 Å². The van der Waals surface area contributed by atoms with Crippen LogP contribution in [0.4, 0.5) is 5.69 Å². The summed E-state index contributed by atoms with van der Waals surface area (Å²) in [6.07, 6.45) is 0. The van der Waals surface area contributed by atoms with E-state index in [0.29, 0.717) is 10.7 Å². The summed E-state index contributed by atoms with van der Waals surface area (Å²) in [4.78, 5) is 12.6. The molecule has 0 aliphatic heterocycles. The van der Waals surface area contributed by atoms with Crippen LogP contribution < -0.4 is 5.32 Å². The van der Waals surface area contributed by atoms with Gasteiger partial charge in [-0.1, -0.05) is 54.9 Å². The fraction of sp³-hybridized carbons (Fsp3) is 0.150. The maximum atomic E-state index is 12.8. The molecule has 3 aromatic carbocycles. The first-order valence-corrected chi connectivity index (χ1v) is 10.3. The van der Waals surface area contributed by atoms with Crippen molar-refractivity contribution >= 4 is 44.0 Å². The van der Waals surface area contributed by atoms with E-state index in [-0.39, 0.29) is 18.0 Å². The first-order valence-electron chi connectivity index (χ1n) is 8.45. The molecule has 0 saturated carbocycles. The first-order chi connectivity index (χ1) is 12.9. The summed E-state index contributed by atoms with van der Waals surface area (Å²) in [6.45, 7) is 1.59. The number of fused-ring (bicyclic) bond motifs is 1. The van der Waals surface area contributed by atoms with Crippen LogP contribution in [0.3, 0.4) is 0 Å². The molecule has 0 bridgehead atoms. The lowest BCUT2D eigenvalue weighted by atomic mass is 10.1. The van der Waals surface area contributed by atoms with Gasteiger partial charge in [0.25, 0.3) is 0 Å². The molecule has 1 amide bonds. The van der Waals surface area contributed by atoms with Gasteiger partial charge in [0.05, 0.1) is 11.4 Å². The molecule has 140 valence electrons. The standard InChI is InChI=1S/C20H19ClN2O3S/c1-2-23(27(25,26)17-12-10-16(21)11-13-17)14-20(24)22-19-9-5-7-15-6-3-4-8-18(15)19/h3-13H,2,14H2,1H3,(H,22,24). The van der Waals surface area contributed by atoms with Crippen LogP contribution in [0.15, 0.2) is 71.6 Å². The Kier molecular flexibility index (Phi) is 5.79. The lowest BCUT2D eigenvalue weighted by Crippen LogP contribution is -2.37. The molecule has 0 heterocycles. The van der Waals surface area contributed by atoms with Crippen molar-refractivity contribution in [2.24, 2.45) is 0 Å². The number of nitrogens with zero attached hydrogens (tertiary/aromatic N) is 1. The molecule has 0 aromatic heterocycles. The highest BCUT2D eigenvalue weighted by Gasteiger charge is 2.25. The van der Waals surface area contributed by atoms with Gasteiger partial charge in [-0.15, -0.1) is 0 Å². The fourth-order valence-corrected chi connectivity index (χ4v) is 4.34. The number of carbonyl (C=O) groups excluding carboxylic acids is 1. The molecular formula is C20H19ClN2O3S. The van der Waals surface area contributed by atoms with Crippen molar-refractivity contribution in [2.45, 2.75) is 11.8 Å². The van der Waals surface area contributed by atoms with Crippen molar-refractivity contribution < 1.29 is 13.2 Å². The molecule has 3 rings (SSSR count). The Morgan fingerprint density at radius 1 is 1.00 bits per heavy atom. The average Bonchev–Trinajstić information content (AvgIpc) is 2.66. The highest BCUT2D eigenvalue weighted by atomic mass is 35.5. The van der Waals surface area contributed by atoms with Gasteiger partial charge in [0.15, 0.2) is 0 Å². The molecule has 5 nitrogen and oxygen atoms in total. The van der Waals surface area contributed by atoms with Crippen LogP contribution in [-0.2, 0) is 14.8 Å². The largest absolute Gasteiger partial charge is 0.324 e. The summed E-state index contributed by atoms with van der Waals surface area (Å²) in [7, 11) is -3.78. The topological polar surface area (TPSA) is 66.5 Å². The summed E-state index contributed by atoms with van der Waals surface area (Å²) in [5.41, 5.74) is 0.651. The number of benzene rings is 3. The van der Waals surface area contributed by atoms with Gasteiger partial charge in [-0.25, -0.2) is 8.42 Å². The smallest absolute Gasteiger partial charge is 0.243 e. The maximum absolute atomic E-state index is 12.8. The van der Waals surface area contributed by atoms with Crippen LogP contribution >= 0.6 is 11.6 Å². The predicted molar refractivity (Wildman–Crippen MR) is 108 cm³/mol. The maximum Gasteiger partial charge on any atom is 0.243 e. The van der Waals surface area contributed by atoms with Gasteiger partial charge in [0.1, 0.15) is 0 Å². The predicted octanol–water partition coefficient (Wildman–Crippen LogP) is 4.14. The second-order valence-electron chi connectivity index (χ2n) is 5.96. The first kappa shape index (κ1) is 19.4. The van der Waals surface area contributed by atoms with Crippen molar-refractivity contribution in [3.63, 3.8) is 0 Å². The van der Waals surface area contributed by atoms with E-state index in [1.165, 1.54) is 24.3 Å². The molecule has 27 heavy (non-hydrogen) atoms. The molecule has 0 aliphatic carbocycles. The van der Waals surface area contributed by atoms with Gasteiger partial charge in [-0.3, -0.25) is 4.79 Å². The van der Waals surface area contributed by atoms with Crippen molar-refractivity contribution in [1.82, 2.24) is 4.31 Å². The third-order valence-corrected chi connectivity index (χ3v) is 6.37. The zero-order valence-corrected chi connectivity index (χ0v) is 16.3. The van der Waals surface area contributed by atoms with Crippen molar-refractivity contribution in [1.29, 1.82) is 0 Å². The average molecular weight is 403 g/mol. The second-order valence-corrected chi connectivity index (χ2v) is 8.33. The zero-order valence-electron chi connectivity index (χ0n) is 14.7. The molecule has 0 spiro atoms. The van der Waals surface area contributed by atoms with Crippen molar-refractivity contribution in [3.05, 3.63) is 71.8 Å². The molecular weight excluding hydrogens is 384 g/mol. The number of anilines is 1. The molecule has 0 fully saturated rings. The summed E-state index contributed by atoms with van der Waals surface area (Å²) < 4.78 is 26.7. The minimum Gasteiger partial charge on any atom is -0.324 e. The molecule has 0 atom stereocenters. The third kappa shape index (κ3) is 4.30. The van der Waals surface area contributed by atoms with E-state index in [4.69, 9.17) is 11.6 Å². The Morgan fingerprint density at radius 3 is 2.37 bits per heavy atom. The lowest BCUT2D eigenvalue weighted by Gasteiger charge is -2.20. The molecule has 0 radical (unpaired) electrons. The van der Waals surface area contributed by atoms with Crippen LogP contribution in [0.2, 0.25) is 5.02 Å². The SMILES string of the molecule is CCN(CC(=O)Nc1cccc2ccccc12)S(=O)(=O)c1ccc(Cl)cc1. The van der Waals surface area contributed by atoms with E-state index < -0.39 is 15.9 Å². The minimum atomic E-state index is -3.78. The number of amides is 1. The van der Waals surface area contributed by atoms with E-state index in [9.17, 15) is 13.2 Å². The summed E-state index contributed by atoms with van der Waals surface area (Å²) in [6, 6.07) is 19.2. The second kappa shape index (κ2) is 8.08. The molecule has 7 heteroatoms. The van der Waals surface area contributed by atoms with E-state index in [1.807, 2.05) is 36.4 Å². The van der Waals surface area contributed by atoms with Gasteiger partial charge >= 0.3 is 0 Å². The summed E-state index contributed by atoms with van der Waals surface area (Å²) in [5.74, 6) is -0.397. The van der Waals surface area contributed by atoms with Gasteiger partial charge in [-0.2, -0.15) is 4.31 Å². The molecule has 3 aromatic rings. The third-order valence-electron chi connectivity index (χ3n) is 4.19. The van der Waals surface area contributed by atoms with E-state index in [0.717, 1.165) is 15.1 Å². The van der Waals surface area contributed by atoms with Crippen LogP contribution in [0.5, 0.6) is 0 Å². The number of sulfonamides is 1. The van der Waals surface area contributed by atoms with E-state index in [1.54, 1.807) is 13.0 Å². The van der Waals surface area contributed by atoms with E-state index in [2.05, 4.69) is 5.32 Å².